The van der Waals surface area contributed by atoms with Crippen LogP contribution in [0.1, 0.15) is 30.8 Å². The maximum atomic E-state index is 13.6. The number of hydrogen-bond acceptors (Lipinski definition) is 5. The van der Waals surface area contributed by atoms with E-state index in [2.05, 4.69) is 15.3 Å². The lowest BCUT2D eigenvalue weighted by atomic mass is 10.1. The zero-order valence-corrected chi connectivity index (χ0v) is 14.1. The first-order valence-corrected chi connectivity index (χ1v) is 8.73. The highest BCUT2D eigenvalue weighted by Gasteiger charge is 2.26. The zero-order chi connectivity index (χ0) is 16.9. The van der Waals surface area contributed by atoms with E-state index in [0.29, 0.717) is 25.9 Å². The van der Waals surface area contributed by atoms with Crippen LogP contribution in [0.4, 0.5) is 9.18 Å². The van der Waals surface area contributed by atoms with Crippen LogP contribution in [0.25, 0.3) is 0 Å². The Morgan fingerprint density at radius 2 is 2.21 bits per heavy atom. The molecule has 2 amide bonds. The Kier molecular flexibility index (Phi) is 5.24. The quantitative estimate of drug-likeness (QED) is 0.920. The summed E-state index contributed by atoms with van der Waals surface area (Å²) in [4.78, 5) is 22.2. The molecule has 2 aromatic heterocycles. The number of nitrogens with one attached hydrogen (secondary N) is 1. The smallest absolute Gasteiger partial charge is 0.317 e. The zero-order valence-electron chi connectivity index (χ0n) is 13.3. The van der Waals surface area contributed by atoms with E-state index in [9.17, 15) is 9.18 Å². The van der Waals surface area contributed by atoms with Crippen molar-refractivity contribution in [3.05, 3.63) is 40.7 Å². The molecule has 1 fully saturated rings. The summed E-state index contributed by atoms with van der Waals surface area (Å²) in [5.74, 6) is -0.437. The average Bonchev–Trinajstić information content (AvgIpc) is 3.12. The average molecular weight is 350 g/mol. The molecule has 3 rings (SSSR count). The van der Waals surface area contributed by atoms with Crippen LogP contribution >= 0.6 is 11.3 Å². The van der Waals surface area contributed by atoms with Crippen LogP contribution in [0.2, 0.25) is 0 Å². The maximum Gasteiger partial charge on any atom is 0.317 e. The molecule has 24 heavy (non-hydrogen) atoms. The number of amides is 2. The third kappa shape index (κ3) is 4.00. The SMILES string of the molecule is C[C@H](NC(=O)N1CCC(Oc2ncccc2F)CC1)c1nccs1. The van der Waals surface area contributed by atoms with Gasteiger partial charge in [-0.3, -0.25) is 0 Å². The summed E-state index contributed by atoms with van der Waals surface area (Å²) >= 11 is 1.52. The Bertz CT molecular complexity index is 674. The Morgan fingerprint density at radius 1 is 1.42 bits per heavy atom. The van der Waals surface area contributed by atoms with Gasteiger partial charge in [0.25, 0.3) is 5.88 Å². The number of carbonyl (C=O) groups is 1. The molecular weight excluding hydrogens is 331 g/mol. The molecule has 0 aliphatic carbocycles. The first kappa shape index (κ1) is 16.6. The second kappa shape index (κ2) is 7.57. The number of nitrogens with zero attached hydrogens (tertiary/aromatic N) is 3. The number of ether oxygens (including phenoxy) is 1. The highest BCUT2D eigenvalue weighted by Crippen LogP contribution is 2.20. The van der Waals surface area contributed by atoms with Crippen molar-refractivity contribution in [1.82, 2.24) is 20.2 Å². The molecule has 1 aliphatic heterocycles. The van der Waals surface area contributed by atoms with Gasteiger partial charge >= 0.3 is 6.03 Å². The fourth-order valence-electron chi connectivity index (χ4n) is 2.58. The number of aromatic nitrogens is 2. The molecule has 1 aliphatic rings. The lowest BCUT2D eigenvalue weighted by Gasteiger charge is -2.32. The molecule has 8 heteroatoms. The van der Waals surface area contributed by atoms with Crippen molar-refractivity contribution in [2.24, 2.45) is 0 Å². The van der Waals surface area contributed by atoms with Crippen molar-refractivity contribution in [1.29, 1.82) is 0 Å². The van der Waals surface area contributed by atoms with Crippen molar-refractivity contribution >= 4 is 17.4 Å². The van der Waals surface area contributed by atoms with Gasteiger partial charge in [-0.2, -0.15) is 0 Å². The summed E-state index contributed by atoms with van der Waals surface area (Å²) < 4.78 is 19.2. The molecule has 1 atom stereocenters. The molecule has 0 bridgehead atoms. The van der Waals surface area contributed by atoms with Crippen molar-refractivity contribution in [3.8, 4) is 5.88 Å². The molecule has 128 valence electrons. The van der Waals surface area contributed by atoms with Crippen LogP contribution in [0.5, 0.6) is 5.88 Å². The van der Waals surface area contributed by atoms with Crippen molar-refractivity contribution < 1.29 is 13.9 Å². The molecule has 3 heterocycles. The van der Waals surface area contributed by atoms with E-state index in [-0.39, 0.29) is 24.1 Å². The Hall–Kier alpha value is -2.22. The van der Waals surface area contributed by atoms with E-state index in [0.717, 1.165) is 5.01 Å². The Labute approximate surface area is 143 Å². The first-order valence-electron chi connectivity index (χ1n) is 7.85. The van der Waals surface area contributed by atoms with Gasteiger partial charge in [-0.05, 0) is 19.1 Å². The number of pyridine rings is 1. The fourth-order valence-corrected chi connectivity index (χ4v) is 3.23. The number of carbonyl (C=O) groups excluding carboxylic acids is 1. The lowest BCUT2D eigenvalue weighted by Crippen LogP contribution is -2.47. The van der Waals surface area contributed by atoms with Gasteiger partial charge in [-0.1, -0.05) is 0 Å². The van der Waals surface area contributed by atoms with E-state index in [1.807, 2.05) is 12.3 Å². The predicted octanol–water partition coefficient (Wildman–Crippen LogP) is 2.99. The van der Waals surface area contributed by atoms with Crippen LogP contribution in [0.3, 0.4) is 0 Å². The van der Waals surface area contributed by atoms with Gasteiger partial charge in [0.2, 0.25) is 0 Å². The van der Waals surface area contributed by atoms with Gasteiger partial charge in [0.1, 0.15) is 11.1 Å². The minimum Gasteiger partial charge on any atom is -0.472 e. The van der Waals surface area contributed by atoms with Gasteiger partial charge < -0.3 is 15.0 Å². The maximum absolute atomic E-state index is 13.6. The minimum atomic E-state index is -0.463. The number of thiazole rings is 1. The third-order valence-electron chi connectivity index (χ3n) is 3.89. The van der Waals surface area contributed by atoms with Gasteiger partial charge in [-0.25, -0.2) is 19.2 Å². The van der Waals surface area contributed by atoms with E-state index < -0.39 is 5.82 Å². The van der Waals surface area contributed by atoms with Crippen LogP contribution in [-0.4, -0.2) is 40.1 Å². The largest absolute Gasteiger partial charge is 0.472 e. The molecule has 2 aromatic rings. The van der Waals surface area contributed by atoms with Crippen LogP contribution < -0.4 is 10.1 Å². The van der Waals surface area contributed by atoms with Crippen LogP contribution in [0, 0.1) is 5.82 Å². The van der Waals surface area contributed by atoms with E-state index in [1.165, 1.54) is 29.7 Å². The molecule has 0 aromatic carbocycles. The second-order valence-electron chi connectivity index (χ2n) is 5.64. The number of urea groups is 1. The molecule has 0 spiro atoms. The molecule has 0 radical (unpaired) electrons. The molecule has 6 nitrogen and oxygen atoms in total. The highest BCUT2D eigenvalue weighted by atomic mass is 32.1. The van der Waals surface area contributed by atoms with Crippen molar-refractivity contribution in [2.75, 3.05) is 13.1 Å². The van der Waals surface area contributed by atoms with Crippen molar-refractivity contribution in [3.63, 3.8) is 0 Å². The van der Waals surface area contributed by atoms with Gasteiger partial charge in [0, 0.05) is 43.7 Å². The summed E-state index contributed by atoms with van der Waals surface area (Å²) in [6.45, 7) is 3.04. The number of piperidine rings is 1. The molecule has 0 saturated carbocycles. The number of rotatable bonds is 4. The standard InChI is InChI=1S/C16H19FN4O2S/c1-11(15-19-7-10-24-15)20-16(22)21-8-4-12(5-9-21)23-14-13(17)3-2-6-18-14/h2-3,6-7,10-12H,4-5,8-9H2,1H3,(H,20,22)/t11-/m0/s1. The Morgan fingerprint density at radius 3 is 2.88 bits per heavy atom. The van der Waals surface area contributed by atoms with Crippen molar-refractivity contribution in [2.45, 2.75) is 31.9 Å². The normalized spacial score (nSPS) is 16.7. The first-order chi connectivity index (χ1) is 11.6. The fraction of sp³-hybridized carbons (Fsp3) is 0.438. The van der Waals surface area contributed by atoms with Crippen LogP contribution in [0.15, 0.2) is 29.9 Å². The van der Waals surface area contributed by atoms with Gasteiger partial charge in [0.15, 0.2) is 5.82 Å². The van der Waals surface area contributed by atoms with E-state index in [4.69, 9.17) is 4.74 Å². The summed E-state index contributed by atoms with van der Waals surface area (Å²) in [5.41, 5.74) is 0. The summed E-state index contributed by atoms with van der Waals surface area (Å²) in [6, 6.07) is 2.62. The number of likely N-dealkylation sites (tertiary alicyclic amines) is 1. The number of halogens is 1. The third-order valence-corrected chi connectivity index (χ3v) is 4.85. The Balaban J connectivity index is 1.48. The predicted molar refractivity (Wildman–Crippen MR) is 88.5 cm³/mol. The van der Waals surface area contributed by atoms with E-state index in [1.54, 1.807) is 11.1 Å². The second-order valence-corrected chi connectivity index (χ2v) is 6.56. The molecule has 1 saturated heterocycles. The lowest BCUT2D eigenvalue weighted by molar-refractivity contribution is 0.103. The molecule has 0 unspecified atom stereocenters. The van der Waals surface area contributed by atoms with Crippen LogP contribution in [-0.2, 0) is 0 Å². The summed E-state index contributed by atoms with van der Waals surface area (Å²) in [6.07, 6.45) is 4.39. The number of hydrogen-bond donors (Lipinski definition) is 1. The van der Waals surface area contributed by atoms with Gasteiger partial charge in [0.05, 0.1) is 6.04 Å². The highest BCUT2D eigenvalue weighted by molar-refractivity contribution is 7.09. The minimum absolute atomic E-state index is 0.0257. The summed E-state index contributed by atoms with van der Waals surface area (Å²) in [5, 5.41) is 5.72. The molecular formula is C16H19FN4O2S. The topological polar surface area (TPSA) is 67.4 Å². The monoisotopic (exact) mass is 350 g/mol. The van der Waals surface area contributed by atoms with E-state index >= 15 is 0 Å². The summed E-state index contributed by atoms with van der Waals surface area (Å²) in [7, 11) is 0. The van der Waals surface area contributed by atoms with Gasteiger partial charge in [-0.15, -0.1) is 11.3 Å². The molecule has 1 N–H and O–H groups in total.